The number of carboxylic acid groups (broad SMARTS) is 1. The van der Waals surface area contributed by atoms with Crippen LogP contribution < -0.4 is 10.2 Å². The molecule has 3 N–H and O–H groups in total. The summed E-state index contributed by atoms with van der Waals surface area (Å²) in [6.07, 6.45) is 6.74. The molecule has 2 aromatic heterocycles. The molecular formula is C33H30ClN5O4. The molecule has 1 aliphatic heterocycles. The van der Waals surface area contributed by atoms with Crippen LogP contribution in [-0.2, 0) is 20.7 Å². The van der Waals surface area contributed by atoms with Crippen LogP contribution in [0.3, 0.4) is 0 Å². The molecule has 6 rings (SSSR count). The minimum Gasteiger partial charge on any atom is -0.480 e. The zero-order valence-corrected chi connectivity index (χ0v) is 24.0. The third kappa shape index (κ3) is 6.48. The van der Waals surface area contributed by atoms with Crippen molar-refractivity contribution in [2.45, 2.75) is 12.5 Å². The Morgan fingerprint density at radius 2 is 1.84 bits per heavy atom. The highest BCUT2D eigenvalue weighted by molar-refractivity contribution is 6.30. The maximum atomic E-state index is 13.0. The number of carbonyl (C=O) groups excluding carboxylic acids is 1. The number of benzene rings is 3. The molecular weight excluding hydrogens is 566 g/mol. The second-order valence-corrected chi connectivity index (χ2v) is 10.7. The molecule has 1 unspecified atom stereocenters. The summed E-state index contributed by atoms with van der Waals surface area (Å²) in [7, 11) is 0. The minimum absolute atomic E-state index is 0.145. The van der Waals surface area contributed by atoms with Gasteiger partial charge in [-0.2, -0.15) is 5.10 Å². The van der Waals surface area contributed by atoms with Crippen molar-refractivity contribution in [3.05, 3.63) is 107 Å². The van der Waals surface area contributed by atoms with E-state index >= 15 is 0 Å². The van der Waals surface area contributed by atoms with Crippen molar-refractivity contribution in [3.8, 4) is 16.9 Å². The van der Waals surface area contributed by atoms with Gasteiger partial charge in [0, 0.05) is 70.7 Å². The predicted octanol–water partition coefficient (Wildman–Crippen LogP) is 5.34. The van der Waals surface area contributed by atoms with Gasteiger partial charge < -0.3 is 25.0 Å². The van der Waals surface area contributed by atoms with Gasteiger partial charge in [0.1, 0.15) is 6.04 Å². The lowest BCUT2D eigenvalue weighted by Gasteiger charge is -2.28. The fourth-order valence-electron chi connectivity index (χ4n) is 5.24. The maximum Gasteiger partial charge on any atom is 0.326 e. The number of ether oxygens (including phenoxy) is 1. The molecule has 1 atom stereocenters. The molecule has 1 fully saturated rings. The number of aromatic amines is 1. The van der Waals surface area contributed by atoms with Gasteiger partial charge in [-0.05, 0) is 48.0 Å². The minimum atomic E-state index is -1.11. The predicted molar refractivity (Wildman–Crippen MR) is 168 cm³/mol. The van der Waals surface area contributed by atoms with E-state index in [4.69, 9.17) is 21.4 Å². The number of halogens is 1. The van der Waals surface area contributed by atoms with E-state index in [2.05, 4.69) is 27.3 Å². The van der Waals surface area contributed by atoms with Gasteiger partial charge in [0.25, 0.3) is 0 Å². The molecule has 5 aromatic rings. The number of aliphatic carboxylic acids is 1. The van der Waals surface area contributed by atoms with E-state index in [1.807, 2.05) is 60.8 Å². The number of carboxylic acids is 1. The number of carbonyl (C=O) groups is 2. The monoisotopic (exact) mass is 595 g/mol. The van der Waals surface area contributed by atoms with E-state index in [1.54, 1.807) is 23.0 Å². The van der Waals surface area contributed by atoms with Gasteiger partial charge in [0.2, 0.25) is 5.91 Å². The molecule has 3 aromatic carbocycles. The Bertz CT molecular complexity index is 1790. The number of para-hydroxylation sites is 1. The summed E-state index contributed by atoms with van der Waals surface area (Å²) < 4.78 is 7.19. The number of aromatic nitrogens is 3. The third-order valence-electron chi connectivity index (χ3n) is 7.46. The Labute approximate surface area is 253 Å². The summed E-state index contributed by atoms with van der Waals surface area (Å²) in [4.78, 5) is 30.5. The van der Waals surface area contributed by atoms with Crippen LogP contribution in [0.4, 0.5) is 5.69 Å². The number of nitrogens with zero attached hydrogens (tertiary/aromatic N) is 3. The average molecular weight is 596 g/mol. The van der Waals surface area contributed by atoms with Crippen LogP contribution in [0.25, 0.3) is 33.9 Å². The lowest BCUT2D eigenvalue weighted by atomic mass is 10.0. The van der Waals surface area contributed by atoms with Gasteiger partial charge in [-0.1, -0.05) is 48.0 Å². The van der Waals surface area contributed by atoms with Crippen LogP contribution in [-0.4, -0.2) is 64.1 Å². The number of nitrogens with one attached hydrogen (secondary N) is 2. The molecule has 218 valence electrons. The number of fused-ring (bicyclic) bond motifs is 1. The second-order valence-electron chi connectivity index (χ2n) is 10.3. The molecule has 1 saturated heterocycles. The first-order chi connectivity index (χ1) is 20.9. The van der Waals surface area contributed by atoms with E-state index in [9.17, 15) is 14.7 Å². The number of morpholine rings is 1. The van der Waals surface area contributed by atoms with Gasteiger partial charge in [-0.3, -0.25) is 4.79 Å². The van der Waals surface area contributed by atoms with Crippen LogP contribution in [0.2, 0.25) is 5.02 Å². The Morgan fingerprint density at radius 3 is 2.60 bits per heavy atom. The average Bonchev–Trinajstić information content (AvgIpc) is 3.65. The van der Waals surface area contributed by atoms with Crippen molar-refractivity contribution in [2.75, 3.05) is 31.2 Å². The first kappa shape index (κ1) is 28.3. The van der Waals surface area contributed by atoms with Gasteiger partial charge in [-0.25, -0.2) is 9.48 Å². The highest BCUT2D eigenvalue weighted by atomic mass is 35.5. The SMILES string of the molecule is O=C(/C=C/c1cn(-c2cccc(Cl)c2)nc1-c1ccc(N2CCOCC2)cc1)NC(Cc1c[nH]c2ccccc12)C(=O)O. The smallest absolute Gasteiger partial charge is 0.326 e. The van der Waals surface area contributed by atoms with E-state index < -0.39 is 17.9 Å². The van der Waals surface area contributed by atoms with Crippen molar-refractivity contribution >= 4 is 46.1 Å². The summed E-state index contributed by atoms with van der Waals surface area (Å²) in [5, 5.41) is 18.8. The van der Waals surface area contributed by atoms with Crippen molar-refractivity contribution < 1.29 is 19.4 Å². The Kier molecular flexibility index (Phi) is 8.26. The molecule has 0 bridgehead atoms. The molecule has 43 heavy (non-hydrogen) atoms. The van der Waals surface area contributed by atoms with Gasteiger partial charge in [0.15, 0.2) is 0 Å². The topological polar surface area (TPSA) is 112 Å². The molecule has 9 nitrogen and oxygen atoms in total. The number of H-pyrrole nitrogens is 1. The standard InChI is InChI=1S/C33H30ClN5O4/c34-25-4-3-5-27(19-25)39-21-23(32(37-39)22-8-11-26(12-9-22)38-14-16-43-17-15-38)10-13-31(40)36-30(33(41)42)18-24-20-35-29-7-2-1-6-28(24)29/h1-13,19-21,30,35H,14-18H2,(H,36,40)(H,41,42)/b13-10+. The van der Waals surface area contributed by atoms with Crippen LogP contribution in [0.5, 0.6) is 0 Å². The molecule has 1 aliphatic rings. The van der Waals surface area contributed by atoms with Crippen LogP contribution in [0.1, 0.15) is 11.1 Å². The quantitative estimate of drug-likeness (QED) is 0.198. The number of rotatable bonds is 9. The van der Waals surface area contributed by atoms with Crippen molar-refractivity contribution in [1.82, 2.24) is 20.1 Å². The molecule has 0 aliphatic carbocycles. The first-order valence-electron chi connectivity index (χ1n) is 14.0. The Hall–Kier alpha value is -4.86. The van der Waals surface area contributed by atoms with E-state index in [0.29, 0.717) is 29.5 Å². The van der Waals surface area contributed by atoms with Crippen molar-refractivity contribution in [2.24, 2.45) is 0 Å². The van der Waals surface area contributed by atoms with Crippen LogP contribution in [0, 0.1) is 0 Å². The fourth-order valence-corrected chi connectivity index (χ4v) is 5.43. The van der Waals surface area contributed by atoms with Crippen molar-refractivity contribution in [3.63, 3.8) is 0 Å². The highest BCUT2D eigenvalue weighted by Crippen LogP contribution is 2.28. The molecule has 10 heteroatoms. The zero-order valence-electron chi connectivity index (χ0n) is 23.2. The number of hydrogen-bond donors (Lipinski definition) is 3. The lowest BCUT2D eigenvalue weighted by Crippen LogP contribution is -2.41. The van der Waals surface area contributed by atoms with Gasteiger partial charge >= 0.3 is 5.97 Å². The van der Waals surface area contributed by atoms with E-state index in [1.165, 1.54) is 6.08 Å². The summed E-state index contributed by atoms with van der Waals surface area (Å²) in [6, 6.07) is 22.0. The molecule has 3 heterocycles. The zero-order chi connectivity index (χ0) is 29.8. The summed E-state index contributed by atoms with van der Waals surface area (Å²) in [5.41, 5.74) is 5.85. The maximum absolute atomic E-state index is 13.0. The Morgan fingerprint density at radius 1 is 1.05 bits per heavy atom. The highest BCUT2D eigenvalue weighted by Gasteiger charge is 2.21. The van der Waals surface area contributed by atoms with Crippen LogP contribution >= 0.6 is 11.6 Å². The Balaban J connectivity index is 1.25. The summed E-state index contributed by atoms with van der Waals surface area (Å²) >= 11 is 6.24. The van der Waals surface area contributed by atoms with E-state index in [-0.39, 0.29) is 6.42 Å². The number of amides is 1. The van der Waals surface area contributed by atoms with Crippen LogP contribution in [0.15, 0.2) is 91.3 Å². The molecule has 1 amide bonds. The lowest BCUT2D eigenvalue weighted by molar-refractivity contribution is -0.141. The third-order valence-corrected chi connectivity index (χ3v) is 7.70. The number of hydrogen-bond acceptors (Lipinski definition) is 5. The van der Waals surface area contributed by atoms with E-state index in [0.717, 1.165) is 46.5 Å². The fraction of sp³-hybridized carbons (Fsp3) is 0.182. The van der Waals surface area contributed by atoms with Gasteiger partial charge in [0.05, 0.1) is 24.6 Å². The largest absolute Gasteiger partial charge is 0.480 e. The summed E-state index contributed by atoms with van der Waals surface area (Å²) in [6.45, 7) is 3.08. The van der Waals surface area contributed by atoms with Crippen molar-refractivity contribution in [1.29, 1.82) is 0 Å². The second kappa shape index (κ2) is 12.6. The summed E-state index contributed by atoms with van der Waals surface area (Å²) in [5.74, 6) is -1.63. The molecule has 0 radical (unpaired) electrons. The molecule has 0 saturated carbocycles. The van der Waals surface area contributed by atoms with Gasteiger partial charge in [-0.15, -0.1) is 0 Å². The first-order valence-corrected chi connectivity index (χ1v) is 14.4. The normalized spacial score (nSPS) is 14.3. The number of anilines is 1. The molecule has 0 spiro atoms.